The number of pyridine rings is 2. The molecule has 3 aromatic rings. The zero-order valence-corrected chi connectivity index (χ0v) is 18.6. The van der Waals surface area contributed by atoms with Crippen molar-refractivity contribution in [1.82, 2.24) is 20.4 Å². The van der Waals surface area contributed by atoms with Crippen LogP contribution in [0.2, 0.25) is 0 Å². The van der Waals surface area contributed by atoms with Crippen LogP contribution in [0.15, 0.2) is 41.2 Å². The Morgan fingerprint density at radius 3 is 2.62 bits per heavy atom. The summed E-state index contributed by atoms with van der Waals surface area (Å²) in [6, 6.07) is 7.32. The molecule has 0 unspecified atom stereocenters. The third-order valence-electron chi connectivity index (χ3n) is 5.93. The summed E-state index contributed by atoms with van der Waals surface area (Å²) in [6.45, 7) is 5.84. The maximum absolute atomic E-state index is 12.5. The second-order valence-electron chi connectivity index (χ2n) is 8.67. The molecule has 0 radical (unpaired) electrons. The van der Waals surface area contributed by atoms with Crippen LogP contribution in [0.25, 0.3) is 11.3 Å². The van der Waals surface area contributed by atoms with Gasteiger partial charge in [0.1, 0.15) is 18.1 Å². The molecule has 1 aliphatic carbocycles. The van der Waals surface area contributed by atoms with Gasteiger partial charge in [0.2, 0.25) is 5.88 Å². The molecule has 4 rings (SSSR count). The molecular formula is C24H28N4O4. The van der Waals surface area contributed by atoms with Gasteiger partial charge in [-0.05, 0) is 64.7 Å². The van der Waals surface area contributed by atoms with Gasteiger partial charge in [-0.25, -0.2) is 4.98 Å². The summed E-state index contributed by atoms with van der Waals surface area (Å²) < 4.78 is 11.2. The number of nitrogens with one attached hydrogen (secondary N) is 1. The molecule has 3 heterocycles. The quantitative estimate of drug-likeness (QED) is 0.605. The van der Waals surface area contributed by atoms with Crippen molar-refractivity contribution >= 4 is 5.91 Å². The van der Waals surface area contributed by atoms with Gasteiger partial charge in [-0.2, -0.15) is 0 Å². The van der Waals surface area contributed by atoms with Crippen LogP contribution < -0.4 is 10.1 Å². The third kappa shape index (κ3) is 5.13. The van der Waals surface area contributed by atoms with Crippen molar-refractivity contribution in [1.29, 1.82) is 0 Å². The minimum absolute atomic E-state index is 0.0740. The van der Waals surface area contributed by atoms with Gasteiger partial charge >= 0.3 is 0 Å². The molecule has 8 nitrogen and oxygen atoms in total. The largest absolute Gasteiger partial charge is 0.473 e. The van der Waals surface area contributed by atoms with E-state index < -0.39 is 5.60 Å². The molecule has 1 saturated carbocycles. The van der Waals surface area contributed by atoms with Crippen molar-refractivity contribution in [2.24, 2.45) is 0 Å². The summed E-state index contributed by atoms with van der Waals surface area (Å²) in [6.07, 6.45) is 6.18. The van der Waals surface area contributed by atoms with Gasteiger partial charge in [-0.1, -0.05) is 5.16 Å². The Kier molecular flexibility index (Phi) is 6.23. The summed E-state index contributed by atoms with van der Waals surface area (Å²) in [4.78, 5) is 21.1. The number of aryl methyl sites for hydroxylation is 2. The predicted molar refractivity (Wildman–Crippen MR) is 118 cm³/mol. The molecule has 0 bridgehead atoms. The molecule has 0 aromatic carbocycles. The predicted octanol–water partition coefficient (Wildman–Crippen LogP) is 3.75. The van der Waals surface area contributed by atoms with Gasteiger partial charge in [0, 0.05) is 35.8 Å². The molecule has 1 amide bonds. The first-order valence-corrected chi connectivity index (χ1v) is 10.8. The number of carbonyl (C=O) groups is 1. The molecule has 1 fully saturated rings. The van der Waals surface area contributed by atoms with E-state index >= 15 is 0 Å². The minimum Gasteiger partial charge on any atom is -0.473 e. The maximum atomic E-state index is 12.5. The highest BCUT2D eigenvalue weighted by Gasteiger charge is 2.29. The lowest BCUT2D eigenvalue weighted by molar-refractivity contribution is 0.0140. The van der Waals surface area contributed by atoms with E-state index in [-0.39, 0.29) is 18.6 Å². The molecule has 0 aliphatic heterocycles. The van der Waals surface area contributed by atoms with Crippen molar-refractivity contribution in [3.05, 3.63) is 59.2 Å². The van der Waals surface area contributed by atoms with Gasteiger partial charge in [0.25, 0.3) is 5.91 Å². The fraction of sp³-hybridized carbons (Fsp3) is 0.417. The molecular weight excluding hydrogens is 408 g/mol. The van der Waals surface area contributed by atoms with Crippen LogP contribution >= 0.6 is 0 Å². The maximum Gasteiger partial charge on any atom is 0.253 e. The SMILES string of the molecule is Cc1ccc(-c2noc(C)c2COc2ccc(C(=O)NC3CCC(C)(O)CC3)cn2)cn1. The number of hydrogen-bond donors (Lipinski definition) is 2. The Labute approximate surface area is 187 Å². The first-order chi connectivity index (χ1) is 15.3. The Bertz CT molecular complexity index is 1060. The smallest absolute Gasteiger partial charge is 0.253 e. The number of ether oxygens (including phenoxy) is 1. The van der Waals surface area contributed by atoms with Crippen LogP contribution in [0.5, 0.6) is 5.88 Å². The zero-order valence-electron chi connectivity index (χ0n) is 18.6. The Balaban J connectivity index is 1.36. The number of amides is 1. The third-order valence-corrected chi connectivity index (χ3v) is 5.93. The minimum atomic E-state index is -0.625. The fourth-order valence-corrected chi connectivity index (χ4v) is 3.79. The second kappa shape index (κ2) is 9.08. The topological polar surface area (TPSA) is 110 Å². The lowest BCUT2D eigenvalue weighted by atomic mass is 9.83. The van der Waals surface area contributed by atoms with Crippen LogP contribution in [-0.2, 0) is 6.61 Å². The highest BCUT2D eigenvalue weighted by atomic mass is 16.5. The van der Waals surface area contributed by atoms with E-state index in [2.05, 4.69) is 20.4 Å². The molecule has 8 heteroatoms. The van der Waals surface area contributed by atoms with Gasteiger partial charge in [-0.15, -0.1) is 0 Å². The highest BCUT2D eigenvalue weighted by molar-refractivity contribution is 5.94. The van der Waals surface area contributed by atoms with Crippen LogP contribution in [0.1, 0.15) is 60.0 Å². The van der Waals surface area contributed by atoms with Crippen LogP contribution in [0, 0.1) is 13.8 Å². The van der Waals surface area contributed by atoms with Gasteiger partial charge in [0.05, 0.1) is 16.7 Å². The van der Waals surface area contributed by atoms with Crippen molar-refractivity contribution < 1.29 is 19.2 Å². The van der Waals surface area contributed by atoms with Gasteiger partial charge in [-0.3, -0.25) is 9.78 Å². The van der Waals surface area contributed by atoms with Crippen LogP contribution in [0.3, 0.4) is 0 Å². The average Bonchev–Trinajstić information content (AvgIpc) is 3.15. The Hall–Kier alpha value is -3.26. The summed E-state index contributed by atoms with van der Waals surface area (Å²) in [7, 11) is 0. The summed E-state index contributed by atoms with van der Waals surface area (Å²) in [5.41, 5.74) is 3.15. The number of aliphatic hydroxyl groups is 1. The molecule has 3 aromatic heterocycles. The molecule has 1 aliphatic rings. The Morgan fingerprint density at radius 2 is 1.97 bits per heavy atom. The molecule has 2 N–H and O–H groups in total. The Morgan fingerprint density at radius 1 is 1.19 bits per heavy atom. The first kappa shape index (κ1) is 22.0. The summed E-state index contributed by atoms with van der Waals surface area (Å²) in [5, 5.41) is 17.2. The number of aromatic nitrogens is 3. The van der Waals surface area contributed by atoms with E-state index in [9.17, 15) is 9.90 Å². The van der Waals surface area contributed by atoms with E-state index in [0.717, 1.165) is 29.7 Å². The average molecular weight is 437 g/mol. The van der Waals surface area contributed by atoms with Gasteiger partial charge in [0.15, 0.2) is 0 Å². The van der Waals surface area contributed by atoms with Crippen molar-refractivity contribution in [2.75, 3.05) is 0 Å². The fourth-order valence-electron chi connectivity index (χ4n) is 3.79. The number of nitrogens with zero attached hydrogens (tertiary/aromatic N) is 3. The van der Waals surface area contributed by atoms with Gasteiger partial charge < -0.3 is 19.7 Å². The van der Waals surface area contributed by atoms with E-state index in [0.29, 0.717) is 35.7 Å². The number of hydrogen-bond acceptors (Lipinski definition) is 7. The lowest BCUT2D eigenvalue weighted by Gasteiger charge is -2.33. The number of carbonyl (C=O) groups excluding carboxylic acids is 1. The molecule has 32 heavy (non-hydrogen) atoms. The van der Waals surface area contributed by atoms with E-state index in [1.54, 1.807) is 18.3 Å². The van der Waals surface area contributed by atoms with E-state index in [4.69, 9.17) is 9.26 Å². The van der Waals surface area contributed by atoms with Crippen LogP contribution in [-0.4, -0.2) is 37.8 Å². The van der Waals surface area contributed by atoms with Crippen LogP contribution in [0.4, 0.5) is 0 Å². The second-order valence-corrected chi connectivity index (χ2v) is 8.67. The molecule has 168 valence electrons. The van der Waals surface area contributed by atoms with E-state index in [1.165, 1.54) is 6.20 Å². The normalized spacial score (nSPS) is 20.7. The first-order valence-electron chi connectivity index (χ1n) is 10.8. The number of rotatable bonds is 6. The van der Waals surface area contributed by atoms with Crippen molar-refractivity contribution in [3.63, 3.8) is 0 Å². The van der Waals surface area contributed by atoms with Crippen molar-refractivity contribution in [2.45, 2.75) is 64.7 Å². The zero-order chi connectivity index (χ0) is 22.7. The summed E-state index contributed by atoms with van der Waals surface area (Å²) in [5.74, 6) is 0.909. The molecule has 0 atom stereocenters. The van der Waals surface area contributed by atoms with E-state index in [1.807, 2.05) is 32.9 Å². The highest BCUT2D eigenvalue weighted by Crippen LogP contribution is 2.28. The molecule has 0 saturated heterocycles. The lowest BCUT2D eigenvalue weighted by Crippen LogP contribution is -2.42. The summed E-state index contributed by atoms with van der Waals surface area (Å²) >= 11 is 0. The molecule has 0 spiro atoms. The standard InChI is InChI=1S/C24H28N4O4/c1-15-4-5-17(12-25-15)22-20(16(2)32-28-22)14-31-21-7-6-18(13-26-21)23(29)27-19-8-10-24(3,30)11-9-19/h4-7,12-13,19,30H,8-11,14H2,1-3H3,(H,27,29). The van der Waals surface area contributed by atoms with Crippen molar-refractivity contribution in [3.8, 4) is 17.1 Å². The monoisotopic (exact) mass is 436 g/mol.